The van der Waals surface area contributed by atoms with E-state index in [0.29, 0.717) is 26.0 Å². The number of hydrogen-bond acceptors (Lipinski definition) is 6. The second-order valence-corrected chi connectivity index (χ2v) is 8.34. The molecule has 154 valence electrons. The van der Waals surface area contributed by atoms with Crippen molar-refractivity contribution in [3.63, 3.8) is 0 Å². The monoisotopic (exact) mass is 598 g/mol. The number of nitrogens with one attached hydrogen (secondary N) is 1. The molecule has 0 fully saturated rings. The lowest BCUT2D eigenvalue weighted by Gasteiger charge is -2.09. The fraction of sp³-hybridized carbons (Fsp3) is 0.0500. The maximum Gasteiger partial charge on any atom is 0.379 e. The second kappa shape index (κ2) is 10.6. The van der Waals surface area contributed by atoms with Gasteiger partial charge in [-0.15, -0.1) is 0 Å². The summed E-state index contributed by atoms with van der Waals surface area (Å²) in [7, 11) is 0. The number of rotatable bonds is 7. The van der Waals surface area contributed by atoms with Crippen LogP contribution in [0.3, 0.4) is 0 Å². The van der Waals surface area contributed by atoms with Crippen molar-refractivity contribution in [2.45, 2.75) is 0 Å². The van der Waals surface area contributed by atoms with E-state index in [1.165, 1.54) is 18.5 Å². The molecule has 0 saturated heterocycles. The molecule has 0 aliphatic carbocycles. The Bertz CT molecular complexity index is 1040. The third-order valence-corrected chi connectivity index (χ3v) is 5.16. The predicted octanol–water partition coefficient (Wildman–Crippen LogP) is 5.32. The Kier molecular flexibility index (Phi) is 7.83. The maximum absolute atomic E-state index is 11.9. The zero-order valence-corrected chi connectivity index (χ0v) is 19.9. The molecule has 3 aromatic rings. The van der Waals surface area contributed by atoms with Gasteiger partial charge in [0, 0.05) is 4.47 Å². The summed E-state index contributed by atoms with van der Waals surface area (Å²) >= 11 is 10.1. The summed E-state index contributed by atoms with van der Waals surface area (Å²) in [6, 6.07) is 13.3. The molecule has 0 spiro atoms. The molecule has 0 aliphatic heterocycles. The molecule has 0 saturated carbocycles. The number of hydrogen-bond donors (Lipinski definition) is 1. The molecule has 1 aromatic heterocycles. The van der Waals surface area contributed by atoms with E-state index in [-0.39, 0.29) is 12.4 Å². The molecule has 10 heteroatoms. The SMILES string of the molecule is O=C(COc1c(Br)cc(Br)cc1Br)NN=Cc1ccc(OC(=O)c2ccco2)cc1. The van der Waals surface area contributed by atoms with Gasteiger partial charge in [0.25, 0.3) is 5.91 Å². The number of esters is 1. The van der Waals surface area contributed by atoms with Gasteiger partial charge in [-0.2, -0.15) is 5.10 Å². The number of hydrazone groups is 1. The largest absolute Gasteiger partial charge is 0.481 e. The second-order valence-electron chi connectivity index (χ2n) is 5.72. The minimum Gasteiger partial charge on any atom is -0.481 e. The van der Waals surface area contributed by atoms with E-state index in [4.69, 9.17) is 13.9 Å². The van der Waals surface area contributed by atoms with Crippen LogP contribution in [-0.4, -0.2) is 24.7 Å². The number of carbonyl (C=O) groups is 2. The Morgan fingerprint density at radius 2 is 1.77 bits per heavy atom. The number of halogens is 3. The highest BCUT2D eigenvalue weighted by Gasteiger charge is 2.11. The summed E-state index contributed by atoms with van der Waals surface area (Å²) < 4.78 is 17.9. The van der Waals surface area contributed by atoms with E-state index in [2.05, 4.69) is 58.3 Å². The van der Waals surface area contributed by atoms with E-state index >= 15 is 0 Å². The van der Waals surface area contributed by atoms with Crippen molar-refractivity contribution in [3.05, 3.63) is 79.5 Å². The predicted molar refractivity (Wildman–Crippen MR) is 121 cm³/mol. The molecule has 0 aliphatic rings. The van der Waals surface area contributed by atoms with Crippen molar-refractivity contribution < 1.29 is 23.5 Å². The fourth-order valence-electron chi connectivity index (χ4n) is 2.19. The van der Waals surface area contributed by atoms with Gasteiger partial charge in [0.2, 0.25) is 5.76 Å². The zero-order chi connectivity index (χ0) is 21.5. The van der Waals surface area contributed by atoms with Gasteiger partial charge in [0.1, 0.15) is 11.5 Å². The Morgan fingerprint density at radius 3 is 2.40 bits per heavy atom. The third kappa shape index (κ3) is 6.28. The highest BCUT2D eigenvalue weighted by atomic mass is 79.9. The summed E-state index contributed by atoms with van der Waals surface area (Å²) in [6.45, 7) is -0.210. The first-order valence-corrected chi connectivity index (χ1v) is 10.8. The smallest absolute Gasteiger partial charge is 0.379 e. The van der Waals surface area contributed by atoms with Crippen LogP contribution in [0, 0.1) is 0 Å². The molecule has 0 unspecified atom stereocenters. The van der Waals surface area contributed by atoms with Gasteiger partial charge in [0.15, 0.2) is 6.61 Å². The number of benzene rings is 2. The van der Waals surface area contributed by atoms with Crippen molar-refractivity contribution >= 4 is 65.9 Å². The Labute approximate surface area is 196 Å². The van der Waals surface area contributed by atoms with Gasteiger partial charge in [-0.1, -0.05) is 15.9 Å². The first kappa shape index (κ1) is 22.3. The Hall–Kier alpha value is -2.43. The average Bonchev–Trinajstić information content (AvgIpc) is 3.23. The van der Waals surface area contributed by atoms with Crippen LogP contribution in [-0.2, 0) is 4.79 Å². The number of nitrogens with zero attached hydrogens (tertiary/aromatic N) is 1. The van der Waals surface area contributed by atoms with Crippen LogP contribution < -0.4 is 14.9 Å². The van der Waals surface area contributed by atoms with Crippen molar-refractivity contribution in [1.29, 1.82) is 0 Å². The number of carbonyl (C=O) groups excluding carboxylic acids is 2. The van der Waals surface area contributed by atoms with Crippen molar-refractivity contribution in [1.82, 2.24) is 5.43 Å². The van der Waals surface area contributed by atoms with E-state index in [1.54, 1.807) is 30.3 Å². The quantitative estimate of drug-likeness (QED) is 0.172. The lowest BCUT2D eigenvalue weighted by atomic mass is 10.2. The summed E-state index contributed by atoms with van der Waals surface area (Å²) in [6.07, 6.45) is 2.85. The first-order chi connectivity index (χ1) is 14.4. The normalized spacial score (nSPS) is 10.8. The van der Waals surface area contributed by atoms with Crippen molar-refractivity contribution in [2.75, 3.05) is 6.61 Å². The van der Waals surface area contributed by atoms with Crippen LogP contribution >= 0.6 is 47.8 Å². The minimum absolute atomic E-state index is 0.118. The summed E-state index contributed by atoms with van der Waals surface area (Å²) in [5.41, 5.74) is 3.09. The van der Waals surface area contributed by atoms with Gasteiger partial charge in [-0.25, -0.2) is 10.2 Å². The van der Waals surface area contributed by atoms with E-state index in [0.717, 1.165) is 4.47 Å². The third-order valence-electron chi connectivity index (χ3n) is 3.53. The van der Waals surface area contributed by atoms with E-state index in [9.17, 15) is 9.59 Å². The molecule has 1 N–H and O–H groups in total. The van der Waals surface area contributed by atoms with Crippen LogP contribution in [0.2, 0.25) is 0 Å². The number of furan rings is 1. The molecular formula is C20H13Br3N2O5. The highest BCUT2D eigenvalue weighted by Crippen LogP contribution is 2.36. The zero-order valence-electron chi connectivity index (χ0n) is 15.1. The van der Waals surface area contributed by atoms with Crippen LogP contribution in [0.4, 0.5) is 0 Å². The van der Waals surface area contributed by atoms with Crippen LogP contribution in [0.25, 0.3) is 0 Å². The Morgan fingerprint density at radius 1 is 1.07 bits per heavy atom. The van der Waals surface area contributed by atoms with Gasteiger partial charge in [-0.3, -0.25) is 4.79 Å². The molecule has 7 nitrogen and oxygen atoms in total. The van der Waals surface area contributed by atoms with Gasteiger partial charge in [0.05, 0.1) is 21.4 Å². The molecule has 3 rings (SSSR count). The molecule has 1 heterocycles. The van der Waals surface area contributed by atoms with Crippen LogP contribution in [0.15, 0.2) is 77.7 Å². The first-order valence-electron chi connectivity index (χ1n) is 8.37. The summed E-state index contributed by atoms with van der Waals surface area (Å²) in [5.74, 6) is -0.0175. The standard InChI is InChI=1S/C20H13Br3N2O5/c21-13-8-15(22)19(16(23)9-13)29-11-18(26)25-24-10-12-3-5-14(6-4-12)30-20(27)17-2-1-7-28-17/h1-10H,11H2,(H,25,26). The average molecular weight is 601 g/mol. The molecular weight excluding hydrogens is 588 g/mol. The van der Waals surface area contributed by atoms with E-state index in [1.807, 2.05) is 12.1 Å². The van der Waals surface area contributed by atoms with Crippen LogP contribution in [0.5, 0.6) is 11.5 Å². The van der Waals surface area contributed by atoms with Crippen molar-refractivity contribution in [3.8, 4) is 11.5 Å². The minimum atomic E-state index is -0.585. The van der Waals surface area contributed by atoms with Crippen molar-refractivity contribution in [2.24, 2.45) is 5.10 Å². The molecule has 1 amide bonds. The summed E-state index contributed by atoms with van der Waals surface area (Å²) in [4.78, 5) is 23.7. The van der Waals surface area contributed by atoms with Gasteiger partial charge in [-0.05, 0) is 86.0 Å². The highest BCUT2D eigenvalue weighted by molar-refractivity contribution is 9.11. The molecule has 0 radical (unpaired) electrons. The summed E-state index contributed by atoms with van der Waals surface area (Å²) in [5, 5.41) is 3.89. The lowest BCUT2D eigenvalue weighted by molar-refractivity contribution is -0.123. The molecule has 0 bridgehead atoms. The van der Waals surface area contributed by atoms with E-state index < -0.39 is 11.9 Å². The van der Waals surface area contributed by atoms with Crippen LogP contribution in [0.1, 0.15) is 16.1 Å². The topological polar surface area (TPSA) is 90.1 Å². The number of ether oxygens (including phenoxy) is 2. The fourth-order valence-corrected chi connectivity index (χ4v) is 4.68. The Balaban J connectivity index is 1.48. The molecule has 30 heavy (non-hydrogen) atoms. The van der Waals surface area contributed by atoms with Gasteiger partial charge >= 0.3 is 5.97 Å². The number of amides is 1. The lowest BCUT2D eigenvalue weighted by Crippen LogP contribution is -2.24. The van der Waals surface area contributed by atoms with Gasteiger partial charge < -0.3 is 13.9 Å². The molecule has 2 aromatic carbocycles. The maximum atomic E-state index is 11.9. The molecule has 0 atom stereocenters.